The van der Waals surface area contributed by atoms with Crippen LogP contribution in [0, 0.1) is 0 Å². The number of hydrogen-bond donors (Lipinski definition) is 2. The van der Waals surface area contributed by atoms with Crippen LogP contribution in [0.1, 0.15) is 31.2 Å². The van der Waals surface area contributed by atoms with E-state index in [0.29, 0.717) is 6.04 Å². The number of guanidine groups is 1. The van der Waals surface area contributed by atoms with E-state index in [2.05, 4.69) is 15.6 Å². The van der Waals surface area contributed by atoms with Crippen LogP contribution in [0.5, 0.6) is 17.2 Å². The zero-order valence-electron chi connectivity index (χ0n) is 15.1. The Labute approximate surface area is 144 Å². The monoisotopic (exact) mass is 335 g/mol. The summed E-state index contributed by atoms with van der Waals surface area (Å²) in [5.41, 5.74) is 1.02. The fourth-order valence-electron chi connectivity index (χ4n) is 3.09. The maximum atomic E-state index is 5.49. The van der Waals surface area contributed by atoms with Crippen LogP contribution in [0.4, 0.5) is 0 Å². The Bertz CT molecular complexity index is 529. The number of ether oxygens (including phenoxy) is 3. The van der Waals surface area contributed by atoms with Crippen molar-refractivity contribution >= 4 is 5.96 Å². The minimum atomic E-state index is 0.543. The Kier molecular flexibility index (Phi) is 7.03. The molecule has 0 saturated heterocycles. The molecule has 0 amide bonds. The highest BCUT2D eigenvalue weighted by Gasteiger charge is 2.16. The van der Waals surface area contributed by atoms with E-state index >= 15 is 0 Å². The lowest BCUT2D eigenvalue weighted by molar-refractivity contribution is 0.368. The molecule has 0 spiro atoms. The van der Waals surface area contributed by atoms with Gasteiger partial charge in [0.05, 0.1) is 21.3 Å². The van der Waals surface area contributed by atoms with Crippen molar-refractivity contribution in [2.75, 3.05) is 34.9 Å². The lowest BCUT2D eigenvalue weighted by Gasteiger charge is -2.18. The first-order chi connectivity index (χ1) is 11.7. The molecule has 0 aromatic heterocycles. The van der Waals surface area contributed by atoms with E-state index in [1.807, 2.05) is 12.1 Å². The third-order valence-corrected chi connectivity index (χ3v) is 4.40. The van der Waals surface area contributed by atoms with Crippen LogP contribution >= 0.6 is 0 Å². The van der Waals surface area contributed by atoms with Gasteiger partial charge in [0.25, 0.3) is 0 Å². The SMILES string of the molecule is CN=C(NCCc1c(OC)cc(OC)cc1OC)NC1CCCC1. The van der Waals surface area contributed by atoms with Crippen LogP contribution in [0.3, 0.4) is 0 Å². The molecule has 1 aliphatic rings. The van der Waals surface area contributed by atoms with Crippen molar-refractivity contribution < 1.29 is 14.2 Å². The first-order valence-corrected chi connectivity index (χ1v) is 8.47. The van der Waals surface area contributed by atoms with Crippen molar-refractivity contribution in [1.82, 2.24) is 10.6 Å². The van der Waals surface area contributed by atoms with Gasteiger partial charge in [-0.05, 0) is 19.3 Å². The Morgan fingerprint density at radius 3 is 2.21 bits per heavy atom. The molecular formula is C18H29N3O3. The lowest BCUT2D eigenvalue weighted by Crippen LogP contribution is -2.43. The molecule has 134 valence electrons. The van der Waals surface area contributed by atoms with Crippen LogP contribution in [0.15, 0.2) is 17.1 Å². The summed E-state index contributed by atoms with van der Waals surface area (Å²) in [6.45, 7) is 0.742. The zero-order valence-corrected chi connectivity index (χ0v) is 15.1. The van der Waals surface area contributed by atoms with Gasteiger partial charge in [0, 0.05) is 37.3 Å². The largest absolute Gasteiger partial charge is 0.496 e. The van der Waals surface area contributed by atoms with Gasteiger partial charge in [-0.3, -0.25) is 4.99 Å². The van der Waals surface area contributed by atoms with Crippen molar-refractivity contribution in [2.45, 2.75) is 38.1 Å². The lowest BCUT2D eigenvalue weighted by atomic mass is 10.1. The number of nitrogens with one attached hydrogen (secondary N) is 2. The van der Waals surface area contributed by atoms with E-state index in [-0.39, 0.29) is 0 Å². The summed E-state index contributed by atoms with van der Waals surface area (Å²) in [5, 5.41) is 6.86. The van der Waals surface area contributed by atoms with Crippen molar-refractivity contribution in [2.24, 2.45) is 4.99 Å². The Balaban J connectivity index is 1.97. The smallest absolute Gasteiger partial charge is 0.191 e. The third-order valence-electron chi connectivity index (χ3n) is 4.40. The summed E-state index contributed by atoms with van der Waals surface area (Å²) in [4.78, 5) is 4.31. The molecule has 0 radical (unpaired) electrons. The molecule has 0 atom stereocenters. The Morgan fingerprint density at radius 1 is 1.08 bits per heavy atom. The topological polar surface area (TPSA) is 64.1 Å². The highest BCUT2D eigenvalue weighted by molar-refractivity contribution is 5.80. The van der Waals surface area contributed by atoms with Crippen LogP contribution in [0.25, 0.3) is 0 Å². The second-order valence-electron chi connectivity index (χ2n) is 5.89. The maximum Gasteiger partial charge on any atom is 0.191 e. The predicted molar refractivity (Wildman–Crippen MR) is 96.6 cm³/mol. The maximum absolute atomic E-state index is 5.49. The first-order valence-electron chi connectivity index (χ1n) is 8.47. The minimum Gasteiger partial charge on any atom is -0.496 e. The average Bonchev–Trinajstić information content (AvgIpc) is 3.13. The van der Waals surface area contributed by atoms with E-state index in [1.165, 1.54) is 25.7 Å². The van der Waals surface area contributed by atoms with Gasteiger partial charge in [0.15, 0.2) is 5.96 Å². The molecule has 2 N–H and O–H groups in total. The number of aliphatic imine (C=N–C) groups is 1. The second-order valence-corrected chi connectivity index (χ2v) is 5.89. The number of hydrogen-bond acceptors (Lipinski definition) is 4. The van der Waals surface area contributed by atoms with Crippen LogP contribution in [-0.4, -0.2) is 46.9 Å². The molecule has 1 aromatic rings. The summed E-state index contributed by atoms with van der Waals surface area (Å²) < 4.78 is 16.3. The third kappa shape index (κ3) is 4.69. The standard InChI is InChI=1S/C18H29N3O3/c1-19-18(21-13-7-5-6-8-13)20-10-9-15-16(23-3)11-14(22-2)12-17(15)24-4/h11-13H,5-10H2,1-4H3,(H2,19,20,21). The van der Waals surface area contributed by atoms with E-state index in [0.717, 1.165) is 41.7 Å². The zero-order chi connectivity index (χ0) is 17.4. The van der Waals surface area contributed by atoms with Crippen molar-refractivity contribution in [3.05, 3.63) is 17.7 Å². The quantitative estimate of drug-likeness (QED) is 0.592. The van der Waals surface area contributed by atoms with Crippen molar-refractivity contribution in [3.8, 4) is 17.2 Å². The van der Waals surface area contributed by atoms with E-state index in [9.17, 15) is 0 Å². The molecule has 1 saturated carbocycles. The molecule has 0 aliphatic heterocycles. The fraction of sp³-hybridized carbons (Fsp3) is 0.611. The fourth-order valence-corrected chi connectivity index (χ4v) is 3.09. The first kappa shape index (κ1) is 18.2. The average molecular weight is 335 g/mol. The van der Waals surface area contributed by atoms with Gasteiger partial charge in [0.2, 0.25) is 0 Å². The van der Waals surface area contributed by atoms with Crippen LogP contribution in [0.2, 0.25) is 0 Å². The normalized spacial score (nSPS) is 15.2. The summed E-state index contributed by atoms with van der Waals surface area (Å²) >= 11 is 0. The van der Waals surface area contributed by atoms with Gasteiger partial charge >= 0.3 is 0 Å². The van der Waals surface area contributed by atoms with E-state index in [1.54, 1.807) is 28.4 Å². The summed E-state index contributed by atoms with van der Waals surface area (Å²) in [5.74, 6) is 3.12. The summed E-state index contributed by atoms with van der Waals surface area (Å²) in [7, 11) is 6.75. The molecule has 24 heavy (non-hydrogen) atoms. The molecule has 0 unspecified atom stereocenters. The Hall–Kier alpha value is -2.11. The number of benzene rings is 1. The number of methoxy groups -OCH3 is 3. The highest BCUT2D eigenvalue weighted by Crippen LogP contribution is 2.34. The Morgan fingerprint density at radius 2 is 1.71 bits per heavy atom. The second kappa shape index (κ2) is 9.25. The molecule has 1 fully saturated rings. The molecular weight excluding hydrogens is 306 g/mol. The molecule has 0 bridgehead atoms. The van der Waals surface area contributed by atoms with Gasteiger partial charge in [-0.25, -0.2) is 0 Å². The molecule has 2 rings (SSSR count). The van der Waals surface area contributed by atoms with Gasteiger partial charge in [-0.2, -0.15) is 0 Å². The molecule has 1 aliphatic carbocycles. The highest BCUT2D eigenvalue weighted by atomic mass is 16.5. The predicted octanol–water partition coefficient (Wildman–Crippen LogP) is 2.36. The molecule has 1 aromatic carbocycles. The van der Waals surface area contributed by atoms with Gasteiger partial charge < -0.3 is 24.8 Å². The number of nitrogens with zero attached hydrogens (tertiary/aromatic N) is 1. The van der Waals surface area contributed by atoms with Gasteiger partial charge in [-0.1, -0.05) is 12.8 Å². The molecule has 0 heterocycles. The van der Waals surface area contributed by atoms with Gasteiger partial charge in [-0.15, -0.1) is 0 Å². The molecule has 6 heteroatoms. The van der Waals surface area contributed by atoms with Crippen molar-refractivity contribution in [3.63, 3.8) is 0 Å². The minimum absolute atomic E-state index is 0.543. The van der Waals surface area contributed by atoms with Gasteiger partial charge in [0.1, 0.15) is 17.2 Å². The number of rotatable bonds is 7. The van der Waals surface area contributed by atoms with Crippen LogP contribution < -0.4 is 24.8 Å². The summed E-state index contributed by atoms with van der Waals surface area (Å²) in [6.07, 6.45) is 5.81. The van der Waals surface area contributed by atoms with Crippen LogP contribution in [-0.2, 0) is 6.42 Å². The summed E-state index contributed by atoms with van der Waals surface area (Å²) in [6, 6.07) is 4.30. The van der Waals surface area contributed by atoms with E-state index < -0.39 is 0 Å². The van der Waals surface area contributed by atoms with E-state index in [4.69, 9.17) is 14.2 Å². The van der Waals surface area contributed by atoms with Crippen molar-refractivity contribution in [1.29, 1.82) is 0 Å². The molecule has 6 nitrogen and oxygen atoms in total.